The van der Waals surface area contributed by atoms with Gasteiger partial charge in [-0.3, -0.25) is 9.52 Å². The molecule has 0 radical (unpaired) electrons. The van der Waals surface area contributed by atoms with Gasteiger partial charge in [0.25, 0.3) is 0 Å². The lowest BCUT2D eigenvalue weighted by Gasteiger charge is -2.03. The molecule has 12 heteroatoms. The molecule has 7 nitrogen and oxygen atoms in total. The summed E-state index contributed by atoms with van der Waals surface area (Å²) in [4.78, 5) is 11.1. The number of nitrogens with zero attached hydrogens (tertiary/aromatic N) is 2. The largest absolute Gasteiger partial charge is 0.326 e. The number of amides is 1. The number of halogens is 3. The molecule has 0 saturated heterocycles. The SMILES string of the molecule is CC(=O)Nc1ccc(-c2nnc(NS(=O)(=O)CC=Cc3cc(F)c(Br)cc3F)s2)cc1. The van der Waals surface area contributed by atoms with E-state index in [-0.39, 0.29) is 21.1 Å². The van der Waals surface area contributed by atoms with Gasteiger partial charge in [-0.05, 0) is 52.3 Å². The minimum absolute atomic E-state index is 0.0201. The molecule has 0 unspecified atom stereocenters. The Morgan fingerprint density at radius 3 is 2.55 bits per heavy atom. The number of sulfonamides is 1. The van der Waals surface area contributed by atoms with E-state index in [4.69, 9.17) is 0 Å². The molecule has 3 rings (SSSR count). The molecule has 2 aromatic carbocycles. The van der Waals surface area contributed by atoms with E-state index in [9.17, 15) is 22.0 Å². The lowest BCUT2D eigenvalue weighted by Crippen LogP contribution is -2.15. The summed E-state index contributed by atoms with van der Waals surface area (Å²) in [6, 6.07) is 8.75. The zero-order chi connectivity index (χ0) is 22.6. The Morgan fingerprint density at radius 2 is 1.87 bits per heavy atom. The van der Waals surface area contributed by atoms with Crippen LogP contribution in [0.25, 0.3) is 16.6 Å². The van der Waals surface area contributed by atoms with Gasteiger partial charge in [-0.25, -0.2) is 17.2 Å². The Hall–Kier alpha value is -2.70. The fourth-order valence-corrected chi connectivity index (χ4v) is 4.63. The van der Waals surface area contributed by atoms with E-state index in [1.54, 1.807) is 24.3 Å². The van der Waals surface area contributed by atoms with Gasteiger partial charge in [0, 0.05) is 23.7 Å². The quantitative estimate of drug-likeness (QED) is 0.434. The Labute approximate surface area is 189 Å². The predicted octanol–water partition coefficient (Wildman–Crippen LogP) is 4.66. The van der Waals surface area contributed by atoms with Crippen LogP contribution in [0.15, 0.2) is 46.9 Å². The van der Waals surface area contributed by atoms with Gasteiger partial charge in [-0.2, -0.15) is 0 Å². The van der Waals surface area contributed by atoms with Crippen molar-refractivity contribution in [1.82, 2.24) is 10.2 Å². The summed E-state index contributed by atoms with van der Waals surface area (Å²) in [5.41, 5.74) is 1.25. The van der Waals surface area contributed by atoms with Crippen molar-refractivity contribution in [3.05, 3.63) is 64.1 Å². The molecule has 1 aromatic heterocycles. The summed E-state index contributed by atoms with van der Waals surface area (Å²) in [5, 5.41) is 11.0. The highest BCUT2D eigenvalue weighted by Gasteiger charge is 2.14. The summed E-state index contributed by atoms with van der Waals surface area (Å²) >= 11 is 3.91. The molecule has 0 saturated carbocycles. The Balaban J connectivity index is 1.65. The standard InChI is InChI=1S/C19H15BrF2N4O3S2/c1-11(27)23-14-6-4-12(5-7-14)18-24-25-19(30-18)26-31(28,29)8-2-3-13-9-17(22)15(20)10-16(13)21/h2-7,9-10H,8H2,1H3,(H,23,27)(H,25,26). The molecule has 0 atom stereocenters. The minimum Gasteiger partial charge on any atom is -0.326 e. The summed E-state index contributed by atoms with van der Waals surface area (Å²) < 4.78 is 54.1. The van der Waals surface area contributed by atoms with Crippen LogP contribution in [0.1, 0.15) is 12.5 Å². The number of hydrogen-bond acceptors (Lipinski definition) is 6. The van der Waals surface area contributed by atoms with E-state index in [1.807, 2.05) is 0 Å². The van der Waals surface area contributed by atoms with Crippen LogP contribution in [-0.2, 0) is 14.8 Å². The number of carbonyl (C=O) groups excluding carboxylic acids is 1. The van der Waals surface area contributed by atoms with Crippen molar-refractivity contribution in [2.75, 3.05) is 15.8 Å². The molecular formula is C19H15BrF2N4O3S2. The molecule has 3 aromatic rings. The first-order chi connectivity index (χ1) is 14.6. The van der Waals surface area contributed by atoms with Crippen molar-refractivity contribution in [2.24, 2.45) is 0 Å². The van der Waals surface area contributed by atoms with Crippen LogP contribution in [0.3, 0.4) is 0 Å². The zero-order valence-corrected chi connectivity index (χ0v) is 19.1. The first-order valence-corrected chi connectivity index (χ1v) is 11.9. The summed E-state index contributed by atoms with van der Waals surface area (Å²) in [5.74, 6) is -2.01. The third-order valence-electron chi connectivity index (χ3n) is 3.77. The topological polar surface area (TPSA) is 101 Å². The van der Waals surface area contributed by atoms with Crippen LogP contribution in [0.2, 0.25) is 0 Å². The van der Waals surface area contributed by atoms with Gasteiger partial charge < -0.3 is 5.32 Å². The molecule has 1 heterocycles. The molecule has 0 aliphatic heterocycles. The van der Waals surface area contributed by atoms with Crippen molar-refractivity contribution < 1.29 is 22.0 Å². The summed E-state index contributed by atoms with van der Waals surface area (Å²) in [6.07, 6.45) is 2.39. The highest BCUT2D eigenvalue weighted by atomic mass is 79.9. The van der Waals surface area contributed by atoms with E-state index in [1.165, 1.54) is 19.1 Å². The lowest BCUT2D eigenvalue weighted by atomic mass is 10.2. The monoisotopic (exact) mass is 528 g/mol. The van der Waals surface area contributed by atoms with E-state index >= 15 is 0 Å². The maximum absolute atomic E-state index is 13.8. The van der Waals surface area contributed by atoms with Crippen LogP contribution in [0.4, 0.5) is 19.6 Å². The summed E-state index contributed by atoms with van der Waals surface area (Å²) in [6.45, 7) is 1.40. The first-order valence-electron chi connectivity index (χ1n) is 8.66. The van der Waals surface area contributed by atoms with Crippen LogP contribution < -0.4 is 10.0 Å². The fourth-order valence-electron chi connectivity index (χ4n) is 2.42. The highest BCUT2D eigenvalue weighted by molar-refractivity contribution is 9.10. The van der Waals surface area contributed by atoms with Crippen molar-refractivity contribution >= 4 is 60.1 Å². The molecular weight excluding hydrogens is 514 g/mol. The van der Waals surface area contributed by atoms with Crippen LogP contribution in [0.5, 0.6) is 0 Å². The van der Waals surface area contributed by atoms with E-state index in [0.717, 1.165) is 23.5 Å². The van der Waals surface area contributed by atoms with Crippen molar-refractivity contribution in [1.29, 1.82) is 0 Å². The van der Waals surface area contributed by atoms with E-state index in [0.29, 0.717) is 16.3 Å². The number of aromatic nitrogens is 2. The van der Waals surface area contributed by atoms with Gasteiger partial charge in [0.05, 0.1) is 10.2 Å². The number of anilines is 2. The molecule has 0 fully saturated rings. The molecule has 31 heavy (non-hydrogen) atoms. The first kappa shape index (κ1) is 23.0. The van der Waals surface area contributed by atoms with Gasteiger partial charge in [0.1, 0.15) is 16.6 Å². The van der Waals surface area contributed by atoms with Gasteiger partial charge in [0.2, 0.25) is 21.1 Å². The predicted molar refractivity (Wildman–Crippen MR) is 120 cm³/mol. The average Bonchev–Trinajstić information content (AvgIpc) is 3.13. The Kier molecular flexibility index (Phi) is 7.13. The van der Waals surface area contributed by atoms with Crippen molar-refractivity contribution in [3.8, 4) is 10.6 Å². The molecule has 162 valence electrons. The molecule has 0 aliphatic rings. The number of hydrogen-bond donors (Lipinski definition) is 2. The van der Waals surface area contributed by atoms with E-state index < -0.39 is 27.4 Å². The van der Waals surface area contributed by atoms with Crippen LogP contribution in [-0.4, -0.2) is 30.3 Å². The second-order valence-corrected chi connectivity index (χ2v) is 9.84. The molecule has 1 amide bonds. The van der Waals surface area contributed by atoms with Crippen LogP contribution in [0, 0.1) is 11.6 Å². The highest BCUT2D eigenvalue weighted by Crippen LogP contribution is 2.28. The lowest BCUT2D eigenvalue weighted by molar-refractivity contribution is -0.114. The number of carbonyl (C=O) groups is 1. The average molecular weight is 529 g/mol. The second-order valence-electron chi connectivity index (χ2n) is 6.24. The third kappa shape index (κ3) is 6.39. The maximum atomic E-state index is 13.8. The van der Waals surface area contributed by atoms with E-state index in [2.05, 4.69) is 36.2 Å². The van der Waals surface area contributed by atoms with Gasteiger partial charge in [-0.1, -0.05) is 23.5 Å². The smallest absolute Gasteiger partial charge is 0.238 e. The van der Waals surface area contributed by atoms with Crippen LogP contribution >= 0.6 is 27.3 Å². The maximum Gasteiger partial charge on any atom is 0.238 e. The zero-order valence-electron chi connectivity index (χ0n) is 15.9. The number of nitrogens with one attached hydrogen (secondary N) is 2. The van der Waals surface area contributed by atoms with Crippen molar-refractivity contribution in [2.45, 2.75) is 6.92 Å². The molecule has 0 spiro atoms. The Morgan fingerprint density at radius 1 is 1.16 bits per heavy atom. The normalized spacial score (nSPS) is 11.6. The fraction of sp³-hybridized carbons (Fsp3) is 0.105. The van der Waals surface area contributed by atoms with Gasteiger partial charge in [-0.15, -0.1) is 10.2 Å². The summed E-state index contributed by atoms with van der Waals surface area (Å²) in [7, 11) is -3.83. The minimum atomic E-state index is -3.83. The molecule has 0 bridgehead atoms. The Bertz CT molecular complexity index is 1250. The van der Waals surface area contributed by atoms with Gasteiger partial charge in [0.15, 0.2) is 0 Å². The third-order valence-corrected chi connectivity index (χ3v) is 6.53. The number of benzene rings is 2. The molecule has 2 N–H and O–H groups in total. The van der Waals surface area contributed by atoms with Gasteiger partial charge >= 0.3 is 0 Å². The molecule has 0 aliphatic carbocycles. The van der Waals surface area contributed by atoms with Crippen molar-refractivity contribution in [3.63, 3.8) is 0 Å². The number of rotatable bonds is 7. The second kappa shape index (κ2) is 9.62.